The summed E-state index contributed by atoms with van der Waals surface area (Å²) in [4.78, 5) is 10.8. The molecule has 4 aliphatic carbocycles. The summed E-state index contributed by atoms with van der Waals surface area (Å²) in [7, 11) is 0. The fourth-order valence-electron chi connectivity index (χ4n) is 8.85. The molecule has 8 atom stereocenters. The third kappa shape index (κ3) is 3.79. The van der Waals surface area contributed by atoms with Gasteiger partial charge in [0.1, 0.15) is 6.10 Å². The average Bonchev–Trinajstić information content (AvgIpc) is 3.05. The van der Waals surface area contributed by atoms with Crippen molar-refractivity contribution in [2.24, 2.45) is 46.3 Å². The molecule has 0 radical (unpaired) electrons. The van der Waals surface area contributed by atoms with Crippen molar-refractivity contribution in [1.29, 1.82) is 0 Å². The summed E-state index contributed by atoms with van der Waals surface area (Å²) in [6, 6.07) is 0. The molecule has 0 bridgehead atoms. The van der Waals surface area contributed by atoms with Gasteiger partial charge in [-0.3, -0.25) is 4.79 Å². The van der Waals surface area contributed by atoms with Gasteiger partial charge in [0, 0.05) is 6.42 Å². The lowest BCUT2D eigenvalue weighted by Crippen LogP contribution is -2.51. The minimum absolute atomic E-state index is 0.120. The molecule has 3 saturated carbocycles. The summed E-state index contributed by atoms with van der Waals surface area (Å²) < 4.78 is 5.36. The molecular weight excluding hydrogens is 368 g/mol. The van der Waals surface area contributed by atoms with Crippen LogP contribution in [0.2, 0.25) is 0 Å². The van der Waals surface area contributed by atoms with Crippen molar-refractivity contribution in [3.8, 4) is 0 Å². The van der Waals surface area contributed by atoms with Gasteiger partial charge < -0.3 is 4.74 Å². The average molecular weight is 415 g/mol. The van der Waals surface area contributed by atoms with Crippen molar-refractivity contribution < 1.29 is 9.53 Å². The maximum atomic E-state index is 10.8. The fourth-order valence-corrected chi connectivity index (χ4v) is 8.85. The van der Waals surface area contributed by atoms with Crippen molar-refractivity contribution in [2.75, 3.05) is 0 Å². The molecule has 0 heterocycles. The van der Waals surface area contributed by atoms with Crippen molar-refractivity contribution in [3.63, 3.8) is 0 Å². The molecule has 4 rings (SSSR count). The molecule has 0 amide bonds. The van der Waals surface area contributed by atoms with Gasteiger partial charge in [-0.2, -0.15) is 0 Å². The van der Waals surface area contributed by atoms with Gasteiger partial charge in [0.15, 0.2) is 0 Å². The van der Waals surface area contributed by atoms with Gasteiger partial charge in [0.25, 0.3) is 6.47 Å². The second-order valence-corrected chi connectivity index (χ2v) is 12.4. The van der Waals surface area contributed by atoms with Crippen LogP contribution in [0.15, 0.2) is 11.6 Å². The smallest absolute Gasteiger partial charge is 0.293 e. The van der Waals surface area contributed by atoms with Gasteiger partial charge in [-0.05, 0) is 91.3 Å². The molecule has 2 nitrogen and oxygen atoms in total. The molecule has 0 saturated heterocycles. The van der Waals surface area contributed by atoms with Gasteiger partial charge >= 0.3 is 0 Å². The first-order chi connectivity index (χ1) is 14.3. The van der Waals surface area contributed by atoms with E-state index in [1.807, 2.05) is 0 Å². The Morgan fingerprint density at radius 2 is 1.87 bits per heavy atom. The predicted molar refractivity (Wildman–Crippen MR) is 124 cm³/mol. The summed E-state index contributed by atoms with van der Waals surface area (Å²) in [6.07, 6.45) is 17.2. The second kappa shape index (κ2) is 8.62. The molecule has 3 fully saturated rings. The third-order valence-electron chi connectivity index (χ3n) is 10.5. The highest BCUT2D eigenvalue weighted by Crippen LogP contribution is 2.67. The first-order valence-electron chi connectivity index (χ1n) is 13.1. The Bertz CT molecular complexity index is 651. The van der Waals surface area contributed by atoms with Crippen LogP contribution < -0.4 is 0 Å². The van der Waals surface area contributed by atoms with E-state index in [1.165, 1.54) is 57.8 Å². The number of rotatable bonds is 7. The molecule has 2 heteroatoms. The van der Waals surface area contributed by atoms with E-state index >= 15 is 0 Å². The van der Waals surface area contributed by atoms with Crippen LogP contribution in [0, 0.1) is 46.3 Å². The minimum atomic E-state index is 0.120. The van der Waals surface area contributed by atoms with E-state index < -0.39 is 0 Å². The van der Waals surface area contributed by atoms with Crippen molar-refractivity contribution in [3.05, 3.63) is 11.6 Å². The maximum absolute atomic E-state index is 10.8. The van der Waals surface area contributed by atoms with Gasteiger partial charge in [-0.15, -0.1) is 0 Å². The Balaban J connectivity index is 1.47. The molecule has 0 aromatic carbocycles. The summed E-state index contributed by atoms with van der Waals surface area (Å²) in [6.45, 7) is 13.2. The summed E-state index contributed by atoms with van der Waals surface area (Å²) in [5.41, 5.74) is 2.54. The number of ether oxygens (including phenoxy) is 1. The van der Waals surface area contributed by atoms with Gasteiger partial charge in [0.05, 0.1) is 0 Å². The quantitative estimate of drug-likeness (QED) is 0.317. The third-order valence-corrected chi connectivity index (χ3v) is 10.5. The molecule has 170 valence electrons. The number of carbonyl (C=O) groups is 1. The summed E-state index contributed by atoms with van der Waals surface area (Å²) >= 11 is 0. The highest BCUT2D eigenvalue weighted by atomic mass is 16.5. The standard InChI is InChI=1S/C28H46O2/c1-19(2)7-6-8-20(3)24-11-12-25-23-10-9-21-17-22(30-18-29)13-15-27(21,4)26(23)14-16-28(24,25)5/h9,18-20,22-26H,6-8,10-17H2,1-5H3/t20?,22-,23-,24?,25?,26?,27-,28+/m0/s1. The van der Waals surface area contributed by atoms with Crippen molar-refractivity contribution >= 4 is 6.47 Å². The first-order valence-corrected chi connectivity index (χ1v) is 13.1. The molecule has 0 aliphatic heterocycles. The van der Waals surface area contributed by atoms with Gasteiger partial charge in [-0.1, -0.05) is 65.5 Å². The first kappa shape index (κ1) is 22.4. The summed E-state index contributed by atoms with van der Waals surface area (Å²) in [5.74, 6) is 5.32. The highest BCUT2D eigenvalue weighted by Gasteiger charge is 2.59. The Kier molecular flexibility index (Phi) is 6.44. The Morgan fingerprint density at radius 1 is 1.07 bits per heavy atom. The number of allylic oxidation sites excluding steroid dienone is 1. The molecule has 0 aromatic rings. The van der Waals surface area contributed by atoms with Crippen LogP contribution >= 0.6 is 0 Å². The lowest BCUT2D eigenvalue weighted by atomic mass is 9.47. The predicted octanol–water partition coefficient (Wildman–Crippen LogP) is 7.57. The van der Waals surface area contributed by atoms with Crippen LogP contribution in [0.25, 0.3) is 0 Å². The normalized spacial score (nSPS) is 43.9. The SMILES string of the molecule is CC(C)CCCC(C)C1CCC2[C@@H]3CC=C4C[C@@H](OC=O)CC[C@]4(C)C3CC[C@]12C. The number of fused-ring (bicyclic) bond motifs is 5. The maximum Gasteiger partial charge on any atom is 0.293 e. The summed E-state index contributed by atoms with van der Waals surface area (Å²) in [5, 5.41) is 0. The fraction of sp³-hybridized carbons (Fsp3) is 0.893. The van der Waals surface area contributed by atoms with Gasteiger partial charge in [-0.25, -0.2) is 0 Å². The van der Waals surface area contributed by atoms with Crippen molar-refractivity contribution in [2.45, 2.75) is 111 Å². The minimum Gasteiger partial charge on any atom is -0.464 e. The van der Waals surface area contributed by atoms with Crippen LogP contribution in [0.4, 0.5) is 0 Å². The number of hydrogen-bond donors (Lipinski definition) is 0. The topological polar surface area (TPSA) is 26.3 Å². The van der Waals surface area contributed by atoms with E-state index in [-0.39, 0.29) is 6.10 Å². The molecule has 0 spiro atoms. The van der Waals surface area contributed by atoms with Crippen LogP contribution in [0.1, 0.15) is 105 Å². The van der Waals surface area contributed by atoms with Gasteiger partial charge in [0.2, 0.25) is 0 Å². The largest absolute Gasteiger partial charge is 0.464 e. The Morgan fingerprint density at radius 3 is 2.60 bits per heavy atom. The van der Waals surface area contributed by atoms with Crippen LogP contribution in [-0.2, 0) is 9.53 Å². The molecule has 4 aliphatic rings. The number of hydrogen-bond acceptors (Lipinski definition) is 2. The molecular formula is C28H46O2. The van der Waals surface area contributed by atoms with E-state index in [0.29, 0.717) is 17.3 Å². The Labute approximate surface area is 185 Å². The van der Waals surface area contributed by atoms with E-state index in [1.54, 1.807) is 5.57 Å². The van der Waals surface area contributed by atoms with Crippen LogP contribution in [0.3, 0.4) is 0 Å². The zero-order valence-corrected chi connectivity index (χ0v) is 20.3. The van der Waals surface area contributed by atoms with Crippen LogP contribution in [0.5, 0.6) is 0 Å². The highest BCUT2D eigenvalue weighted by molar-refractivity contribution is 5.38. The molecule has 0 aromatic heterocycles. The van der Waals surface area contributed by atoms with Crippen molar-refractivity contribution in [1.82, 2.24) is 0 Å². The second-order valence-electron chi connectivity index (χ2n) is 12.4. The van der Waals surface area contributed by atoms with E-state index in [9.17, 15) is 4.79 Å². The van der Waals surface area contributed by atoms with Crippen LogP contribution in [-0.4, -0.2) is 12.6 Å². The lowest BCUT2D eigenvalue weighted by molar-refractivity contribution is -0.136. The molecule has 4 unspecified atom stereocenters. The number of carbonyl (C=O) groups excluding carboxylic acids is 1. The monoisotopic (exact) mass is 414 g/mol. The van der Waals surface area contributed by atoms with E-state index in [2.05, 4.69) is 40.7 Å². The zero-order chi connectivity index (χ0) is 21.5. The molecule has 30 heavy (non-hydrogen) atoms. The zero-order valence-electron chi connectivity index (χ0n) is 20.3. The lowest BCUT2D eigenvalue weighted by Gasteiger charge is -2.58. The van der Waals surface area contributed by atoms with E-state index in [0.717, 1.165) is 48.3 Å². The Hall–Kier alpha value is -0.790. The van der Waals surface area contributed by atoms with E-state index in [4.69, 9.17) is 4.74 Å². The molecule has 0 N–H and O–H groups in total.